The Morgan fingerprint density at radius 1 is 0.383 bits per heavy atom. The summed E-state index contributed by atoms with van der Waals surface area (Å²) in [6.07, 6.45) is 1.94. The number of hydrogen-bond acceptors (Lipinski definition) is 17. The summed E-state index contributed by atoms with van der Waals surface area (Å²) in [6.45, 7) is 69.2. The van der Waals surface area contributed by atoms with E-state index in [9.17, 15) is 25.3 Å². The molecule has 24 heteroatoms. The van der Waals surface area contributed by atoms with E-state index in [1.807, 2.05) is 91.0 Å². The third-order valence-corrected chi connectivity index (χ3v) is 31.5. The van der Waals surface area contributed by atoms with Crippen molar-refractivity contribution in [3.8, 4) is 0 Å². The van der Waals surface area contributed by atoms with E-state index in [1.165, 1.54) is 71.7 Å². The van der Waals surface area contributed by atoms with Crippen LogP contribution in [-0.4, -0.2) is 95.4 Å². The summed E-state index contributed by atoms with van der Waals surface area (Å²) >= 11 is 3.50. The van der Waals surface area contributed by atoms with Crippen LogP contribution in [0.3, 0.4) is 0 Å². The van der Waals surface area contributed by atoms with Gasteiger partial charge in [0.05, 0.1) is 86.5 Å². The molecule has 0 radical (unpaired) electrons. The molecule has 3 N–H and O–H groups in total. The third-order valence-electron chi connectivity index (χ3n) is 23.2. The minimum atomic E-state index is -3.57. The molecule has 0 spiro atoms. The van der Waals surface area contributed by atoms with Gasteiger partial charge < -0.3 is 16.0 Å². The van der Waals surface area contributed by atoms with Crippen molar-refractivity contribution >= 4 is 140 Å². The predicted octanol–water partition coefficient (Wildman–Crippen LogP) is 27.5. The minimum absolute atomic E-state index is 0.0167. The number of amidine groups is 1. The molecule has 14 aromatic rings. The van der Waals surface area contributed by atoms with Crippen molar-refractivity contribution in [3.05, 3.63) is 266 Å². The highest BCUT2D eigenvalue weighted by Gasteiger charge is 2.31. The molecule has 0 saturated carbocycles. The Hall–Kier alpha value is -10.2. The Morgan fingerprint density at radius 2 is 0.774 bits per heavy atom. The largest absolute Gasteiger partial charge is 0.359 e. The van der Waals surface area contributed by atoms with Crippen LogP contribution in [0.2, 0.25) is 0 Å². The van der Waals surface area contributed by atoms with E-state index in [4.69, 9.17) is 4.99 Å². The van der Waals surface area contributed by atoms with Gasteiger partial charge in [-0.15, -0.1) is 11.3 Å². The van der Waals surface area contributed by atoms with Crippen LogP contribution in [0.15, 0.2) is 198 Å². The van der Waals surface area contributed by atoms with Gasteiger partial charge in [0, 0.05) is 36.8 Å². The Bertz CT molecular complexity index is 6880. The van der Waals surface area contributed by atoms with Crippen molar-refractivity contribution in [2.24, 2.45) is 9.98 Å². The number of benzene rings is 9. The Kier molecular flexibility index (Phi) is 32.4. The number of anilines is 3. The zero-order chi connectivity index (χ0) is 98.6. The Balaban J connectivity index is 0.000000162. The maximum absolute atomic E-state index is 13.1. The standard InChI is InChI=1S/C21H27N3O2S.C19H22N2.2C15H22N2O2S.C14H20N2S.C13H17N.C12H15NS/c1-15(2)27(25,26)24-19-13-17(21(3,4)5)11-12-18(19)23-20(24)22-14-16-9-7-6-8-10-16;1-19(2,3)16-9-10-17-15(11-16)12-18(21-17)20-13-14-7-5-4-6-8-14;1-10(2)20(18,19)17-11(3)16-13-9-12(15(4,5)6)7-8-14(13)17;1-10(2)20(18,19)17-11(3)16-13-8-7-12(9-14(13)17)15(4,5)6;1-9(2)15-13-16-11-7-6-10(14(3,4)5)8-12(11)17-13;1-9-7-10-8-11(13(2,3)4)5-6-12(10)14-9;1-8-13-10-6-5-9(12(2,3)4)7-11(10)14-8/h6-13,15H,14H2,1-5H3,(H,22,23);4-11H,12-13H2,1-3H3,(H,20,21);2*7-10H,1-6H3;6-9H,1-5H3,(H,15,16);5-6,8H,7H2,1-4H3;5-7H,1-4H3. The highest BCUT2D eigenvalue weighted by molar-refractivity contribution is 7.91. The van der Waals surface area contributed by atoms with E-state index in [0.717, 1.165) is 85.4 Å². The van der Waals surface area contributed by atoms with Gasteiger partial charge in [0.15, 0.2) is 5.13 Å². The van der Waals surface area contributed by atoms with Gasteiger partial charge in [-0.2, -0.15) is 0 Å². The van der Waals surface area contributed by atoms with E-state index >= 15 is 0 Å². The molecule has 7 heterocycles. The molecular formula is C109H145N13O6S5. The van der Waals surface area contributed by atoms with Gasteiger partial charge in [-0.25, -0.2) is 62.1 Å². The second-order valence-electron chi connectivity index (χ2n) is 43.2. The molecule has 9 aromatic carbocycles. The third kappa shape index (κ3) is 26.5. The fourth-order valence-corrected chi connectivity index (χ4v) is 20.4. The lowest BCUT2D eigenvalue weighted by molar-refractivity contribution is 0.576. The summed E-state index contributed by atoms with van der Waals surface area (Å²) in [6, 6.07) is 64.7. The average molecular weight is 1890 g/mol. The lowest BCUT2D eigenvalue weighted by atomic mass is 9.86. The highest BCUT2D eigenvalue weighted by Crippen LogP contribution is 2.39. The number of nitrogens with one attached hydrogen (secondary N) is 3. The van der Waals surface area contributed by atoms with Crippen molar-refractivity contribution in [1.29, 1.82) is 0 Å². The van der Waals surface area contributed by atoms with Gasteiger partial charge in [-0.3, -0.25) is 9.98 Å². The summed E-state index contributed by atoms with van der Waals surface area (Å²) in [5.74, 6) is 2.45. The molecule has 0 amide bonds. The first-order valence-electron chi connectivity index (χ1n) is 46.3. The Labute approximate surface area is 802 Å². The van der Waals surface area contributed by atoms with Crippen LogP contribution in [0.5, 0.6) is 0 Å². The van der Waals surface area contributed by atoms with Gasteiger partial charge in [0.25, 0.3) is 0 Å². The monoisotopic (exact) mass is 1890 g/mol. The topological polar surface area (TPSA) is 242 Å². The molecule has 0 aliphatic carbocycles. The number of aromatic nitrogens is 8. The molecule has 2 aliphatic rings. The molecule has 2 aliphatic heterocycles. The van der Waals surface area contributed by atoms with Crippen molar-refractivity contribution in [2.75, 3.05) is 16.0 Å². The van der Waals surface area contributed by atoms with Crippen LogP contribution in [-0.2, 0) is 93.9 Å². The molecule has 0 bridgehead atoms. The maximum atomic E-state index is 13.1. The van der Waals surface area contributed by atoms with Gasteiger partial charge >= 0.3 is 0 Å². The van der Waals surface area contributed by atoms with Crippen molar-refractivity contribution < 1.29 is 25.3 Å². The minimum Gasteiger partial charge on any atom is -0.359 e. The molecule has 712 valence electrons. The van der Waals surface area contributed by atoms with Crippen molar-refractivity contribution in [1.82, 2.24) is 36.8 Å². The first-order valence-corrected chi connectivity index (χ1v) is 52.4. The van der Waals surface area contributed by atoms with E-state index in [1.54, 1.807) is 78.1 Å². The Morgan fingerprint density at radius 3 is 1.26 bits per heavy atom. The van der Waals surface area contributed by atoms with Crippen molar-refractivity contribution in [3.63, 3.8) is 0 Å². The van der Waals surface area contributed by atoms with Crippen LogP contribution in [0.25, 0.3) is 53.5 Å². The smallest absolute Gasteiger partial charge is 0.244 e. The predicted molar refractivity (Wildman–Crippen MR) is 569 cm³/mol. The number of thiazole rings is 2. The number of fused-ring (bicyclic) bond motifs is 7. The van der Waals surface area contributed by atoms with Crippen LogP contribution < -0.4 is 16.0 Å². The molecule has 16 rings (SSSR count). The quantitative estimate of drug-likeness (QED) is 0.0973. The van der Waals surface area contributed by atoms with E-state index < -0.39 is 45.8 Å². The first-order chi connectivity index (χ1) is 61.5. The van der Waals surface area contributed by atoms with Crippen LogP contribution >= 0.6 is 22.7 Å². The van der Waals surface area contributed by atoms with Crippen molar-refractivity contribution in [2.45, 2.75) is 314 Å². The highest BCUT2D eigenvalue weighted by atomic mass is 32.2. The summed E-state index contributed by atoms with van der Waals surface area (Å²) in [5.41, 5.74) is 24.6. The van der Waals surface area contributed by atoms with Gasteiger partial charge in [-0.05, 0) is 255 Å². The molecular weight excluding hydrogens is 1750 g/mol. The van der Waals surface area contributed by atoms with Gasteiger partial charge in [0.2, 0.25) is 36.0 Å². The second kappa shape index (κ2) is 41.1. The van der Waals surface area contributed by atoms with E-state index in [-0.39, 0.29) is 37.9 Å². The average Bonchev–Trinajstić information content (AvgIpc) is 1.61. The second-order valence-corrected chi connectivity index (χ2v) is 52.5. The molecule has 0 fully saturated rings. The first kappa shape index (κ1) is 105. The summed E-state index contributed by atoms with van der Waals surface area (Å²) in [5, 5.41) is 10.7. The fraction of sp³-hybridized carbons (Fsp3) is 0.440. The maximum Gasteiger partial charge on any atom is 0.244 e. The van der Waals surface area contributed by atoms with Gasteiger partial charge in [-0.1, -0.05) is 272 Å². The molecule has 0 atom stereocenters. The van der Waals surface area contributed by atoms with E-state index in [2.05, 4.69) is 316 Å². The number of aryl methyl sites for hydroxylation is 3. The summed E-state index contributed by atoms with van der Waals surface area (Å²) < 4.78 is 82.7. The number of hydrogen-bond donors (Lipinski definition) is 3. The molecule has 5 aromatic heterocycles. The molecule has 19 nitrogen and oxygen atoms in total. The van der Waals surface area contributed by atoms with Crippen LogP contribution in [0.4, 0.5) is 22.5 Å². The molecule has 133 heavy (non-hydrogen) atoms. The SMILES string of the molecule is CC(C)(C)c1ccc2c(c1)CC(=NCc1ccccc1)N2.CC(C)Nc1nc2ccc(C(C)(C)C)cc2s1.CC(C)S(=O)(=O)n1c(NCc2ccccc2)nc2ccc(C(C)(C)C)cc21.CC1=Nc2ccc(C(C)(C)C)cc2C1.Cc1nc2cc(C(C)(C)C)ccc2n1S(=O)(=O)C(C)C.Cc1nc2ccc(C(C)(C)C)cc2n1S(=O)(=O)C(C)C.Cc1nc2ccc(C(C)(C)C)cc2s1. The van der Waals surface area contributed by atoms with Crippen LogP contribution in [0, 0.1) is 20.8 Å². The summed E-state index contributed by atoms with van der Waals surface area (Å²) in [7, 11) is -10.3. The summed E-state index contributed by atoms with van der Waals surface area (Å²) in [4.78, 5) is 31.6. The lowest BCUT2D eigenvalue weighted by Crippen LogP contribution is -2.24. The number of aliphatic imine (C=N–C) groups is 2. The number of rotatable bonds is 13. The van der Waals surface area contributed by atoms with E-state index in [0.29, 0.717) is 52.3 Å². The normalized spacial score (nSPS) is 13.6. The zero-order valence-electron chi connectivity index (χ0n) is 85.0. The molecule has 0 unspecified atom stereocenters. The number of imidazole rings is 3. The fourth-order valence-electron chi connectivity index (χ4n) is 14.8. The molecule has 0 saturated heterocycles. The number of nitrogens with zero attached hydrogens (tertiary/aromatic N) is 10. The van der Waals surface area contributed by atoms with Gasteiger partial charge in [0.1, 0.15) is 17.5 Å². The lowest BCUT2D eigenvalue weighted by Gasteiger charge is -2.19. The van der Waals surface area contributed by atoms with Crippen LogP contribution in [0.1, 0.15) is 286 Å². The zero-order valence-corrected chi connectivity index (χ0v) is 89.1.